The Balaban J connectivity index is 2.08. The van der Waals surface area contributed by atoms with Gasteiger partial charge < -0.3 is 20.1 Å². The van der Waals surface area contributed by atoms with Crippen LogP contribution in [-0.4, -0.2) is 41.4 Å². The largest absolute Gasteiger partial charge is 0.481 e. The molecule has 0 aliphatic rings. The van der Waals surface area contributed by atoms with Crippen LogP contribution in [0.3, 0.4) is 0 Å². The standard InChI is InChI=1S/C21H26F2N4O4/c1-12(2)18(28)26-16-9-15(8-13(3)25-16)19(29)24-10-14-6-7-17(27-20(14)30-5)31-11-21(4,22)23/h6-9,12H,10-11H2,1-5H3,(H,24,29)(H,25,26,28). The van der Waals surface area contributed by atoms with Crippen molar-refractivity contribution >= 4 is 17.6 Å². The highest BCUT2D eigenvalue weighted by molar-refractivity contribution is 5.97. The summed E-state index contributed by atoms with van der Waals surface area (Å²) < 4.78 is 36.0. The third-order valence-electron chi connectivity index (χ3n) is 4.01. The Morgan fingerprint density at radius 3 is 2.52 bits per heavy atom. The lowest BCUT2D eigenvalue weighted by Gasteiger charge is -2.14. The van der Waals surface area contributed by atoms with Crippen LogP contribution in [0.1, 0.15) is 42.4 Å². The molecule has 0 atom stereocenters. The number of pyridine rings is 2. The number of hydrogen-bond acceptors (Lipinski definition) is 6. The lowest BCUT2D eigenvalue weighted by Crippen LogP contribution is -2.24. The van der Waals surface area contributed by atoms with Crippen LogP contribution in [0.2, 0.25) is 0 Å². The van der Waals surface area contributed by atoms with Gasteiger partial charge in [-0.1, -0.05) is 13.8 Å². The monoisotopic (exact) mass is 436 g/mol. The molecule has 0 spiro atoms. The van der Waals surface area contributed by atoms with E-state index in [1.54, 1.807) is 32.9 Å². The number of hydrogen-bond donors (Lipinski definition) is 2. The Kier molecular flexibility index (Phi) is 7.84. The average molecular weight is 436 g/mol. The number of rotatable bonds is 9. The molecule has 2 rings (SSSR count). The molecule has 2 heterocycles. The van der Waals surface area contributed by atoms with Gasteiger partial charge in [0.05, 0.1) is 7.11 Å². The number of halogens is 2. The Labute approximate surface area is 179 Å². The van der Waals surface area contributed by atoms with Crippen LogP contribution in [0.15, 0.2) is 24.3 Å². The molecule has 2 N–H and O–H groups in total. The maximum atomic E-state index is 12.9. The fraction of sp³-hybridized carbons (Fsp3) is 0.429. The van der Waals surface area contributed by atoms with Gasteiger partial charge in [-0.15, -0.1) is 0 Å². The molecule has 0 saturated carbocycles. The number of anilines is 1. The van der Waals surface area contributed by atoms with Crippen molar-refractivity contribution in [2.75, 3.05) is 19.0 Å². The van der Waals surface area contributed by atoms with Crippen LogP contribution >= 0.6 is 0 Å². The lowest BCUT2D eigenvalue weighted by atomic mass is 10.2. The van der Waals surface area contributed by atoms with E-state index in [9.17, 15) is 18.4 Å². The summed E-state index contributed by atoms with van der Waals surface area (Å²) in [6, 6.07) is 6.07. The molecule has 2 amide bonds. The molecule has 0 unspecified atom stereocenters. The second-order valence-corrected chi connectivity index (χ2v) is 7.39. The van der Waals surface area contributed by atoms with Gasteiger partial charge in [-0.2, -0.15) is 4.98 Å². The molecule has 168 valence electrons. The third-order valence-corrected chi connectivity index (χ3v) is 4.01. The van der Waals surface area contributed by atoms with Crippen LogP contribution in [0.25, 0.3) is 0 Å². The molecule has 2 aromatic rings. The predicted molar refractivity (Wildman–Crippen MR) is 111 cm³/mol. The van der Waals surface area contributed by atoms with Gasteiger partial charge in [0.1, 0.15) is 5.82 Å². The average Bonchev–Trinajstić information content (AvgIpc) is 2.69. The summed E-state index contributed by atoms with van der Waals surface area (Å²) in [5.74, 6) is -3.39. The summed E-state index contributed by atoms with van der Waals surface area (Å²) in [6.07, 6.45) is 0. The minimum absolute atomic E-state index is 0.0104. The van der Waals surface area contributed by atoms with Gasteiger partial charge >= 0.3 is 0 Å². The molecule has 0 aliphatic carbocycles. The quantitative estimate of drug-likeness (QED) is 0.625. The number of nitrogens with one attached hydrogen (secondary N) is 2. The Morgan fingerprint density at radius 1 is 1.19 bits per heavy atom. The summed E-state index contributed by atoms with van der Waals surface area (Å²) >= 11 is 0. The number of alkyl halides is 2. The first-order chi connectivity index (χ1) is 14.5. The fourth-order valence-electron chi connectivity index (χ4n) is 2.46. The van der Waals surface area contributed by atoms with Gasteiger partial charge in [-0.3, -0.25) is 9.59 Å². The number of aryl methyl sites for hydroxylation is 1. The van der Waals surface area contributed by atoms with Crippen LogP contribution in [0.4, 0.5) is 14.6 Å². The van der Waals surface area contributed by atoms with Crippen molar-refractivity contribution < 1.29 is 27.8 Å². The van der Waals surface area contributed by atoms with E-state index in [4.69, 9.17) is 9.47 Å². The molecule has 0 fully saturated rings. The summed E-state index contributed by atoms with van der Waals surface area (Å²) in [5.41, 5.74) is 1.43. The van der Waals surface area contributed by atoms with Gasteiger partial charge in [0, 0.05) is 42.3 Å². The number of amides is 2. The van der Waals surface area contributed by atoms with E-state index in [-0.39, 0.29) is 35.9 Å². The molecular weight excluding hydrogens is 410 g/mol. The fourth-order valence-corrected chi connectivity index (χ4v) is 2.46. The third kappa shape index (κ3) is 7.47. The maximum absolute atomic E-state index is 12.9. The van der Waals surface area contributed by atoms with Gasteiger partial charge in [0.15, 0.2) is 6.61 Å². The first-order valence-corrected chi connectivity index (χ1v) is 9.61. The number of aromatic nitrogens is 2. The highest BCUT2D eigenvalue weighted by Gasteiger charge is 2.22. The van der Waals surface area contributed by atoms with E-state index >= 15 is 0 Å². The first kappa shape index (κ1) is 24.0. The molecule has 0 radical (unpaired) electrons. The van der Waals surface area contributed by atoms with Crippen molar-refractivity contribution in [2.24, 2.45) is 5.92 Å². The number of methoxy groups -OCH3 is 1. The van der Waals surface area contributed by atoms with Crippen molar-refractivity contribution in [1.29, 1.82) is 0 Å². The molecule has 0 aromatic carbocycles. The molecule has 2 aromatic heterocycles. The Hall–Kier alpha value is -3.30. The topological polar surface area (TPSA) is 102 Å². The van der Waals surface area contributed by atoms with E-state index < -0.39 is 18.4 Å². The van der Waals surface area contributed by atoms with Crippen LogP contribution in [0.5, 0.6) is 11.8 Å². The maximum Gasteiger partial charge on any atom is 0.278 e. The molecule has 0 bridgehead atoms. The SMILES string of the molecule is COc1nc(OCC(C)(F)F)ccc1CNC(=O)c1cc(C)nc(NC(=O)C(C)C)c1. The first-order valence-electron chi connectivity index (χ1n) is 9.61. The van der Waals surface area contributed by atoms with Gasteiger partial charge in [-0.05, 0) is 25.1 Å². The molecule has 31 heavy (non-hydrogen) atoms. The van der Waals surface area contributed by atoms with Gasteiger partial charge in [0.25, 0.3) is 11.8 Å². The summed E-state index contributed by atoms with van der Waals surface area (Å²) in [4.78, 5) is 32.7. The molecule has 8 nitrogen and oxygen atoms in total. The van der Waals surface area contributed by atoms with E-state index in [1.165, 1.54) is 19.2 Å². The van der Waals surface area contributed by atoms with E-state index in [2.05, 4.69) is 20.6 Å². The molecular formula is C21H26F2N4O4. The summed E-state index contributed by atoms with van der Waals surface area (Å²) in [5, 5.41) is 5.41. The van der Waals surface area contributed by atoms with Crippen LogP contribution < -0.4 is 20.1 Å². The number of nitrogens with zero attached hydrogens (tertiary/aromatic N) is 2. The smallest absolute Gasteiger partial charge is 0.278 e. The van der Waals surface area contributed by atoms with Crippen LogP contribution in [-0.2, 0) is 11.3 Å². The van der Waals surface area contributed by atoms with E-state index in [1.807, 2.05) is 0 Å². The molecule has 0 saturated heterocycles. The second kappa shape index (κ2) is 10.1. The lowest BCUT2D eigenvalue weighted by molar-refractivity contribution is -0.118. The van der Waals surface area contributed by atoms with Crippen molar-refractivity contribution in [3.8, 4) is 11.8 Å². The van der Waals surface area contributed by atoms with E-state index in [0.717, 1.165) is 6.92 Å². The normalized spacial score (nSPS) is 11.2. The van der Waals surface area contributed by atoms with Crippen molar-refractivity contribution in [3.63, 3.8) is 0 Å². The second-order valence-electron chi connectivity index (χ2n) is 7.39. The Morgan fingerprint density at radius 2 is 1.90 bits per heavy atom. The van der Waals surface area contributed by atoms with Crippen LogP contribution in [0, 0.1) is 12.8 Å². The Bertz CT molecular complexity index is 945. The predicted octanol–water partition coefficient (Wildman–Crippen LogP) is 3.35. The zero-order chi connectivity index (χ0) is 23.2. The summed E-state index contributed by atoms with van der Waals surface area (Å²) in [7, 11) is 1.38. The number of carbonyl (C=O) groups is 2. The highest BCUT2D eigenvalue weighted by atomic mass is 19.3. The number of carbonyl (C=O) groups excluding carboxylic acids is 2. The zero-order valence-corrected chi connectivity index (χ0v) is 18.1. The molecule has 0 aliphatic heterocycles. The van der Waals surface area contributed by atoms with Crippen molar-refractivity contribution in [1.82, 2.24) is 15.3 Å². The van der Waals surface area contributed by atoms with Gasteiger partial charge in [0.2, 0.25) is 17.7 Å². The van der Waals surface area contributed by atoms with Gasteiger partial charge in [-0.25, -0.2) is 13.8 Å². The van der Waals surface area contributed by atoms with E-state index in [0.29, 0.717) is 16.8 Å². The minimum Gasteiger partial charge on any atom is -0.481 e. The summed E-state index contributed by atoms with van der Waals surface area (Å²) in [6.45, 7) is 5.24. The minimum atomic E-state index is -2.99. The molecule has 10 heteroatoms. The zero-order valence-electron chi connectivity index (χ0n) is 18.1. The van der Waals surface area contributed by atoms with Crippen molar-refractivity contribution in [2.45, 2.75) is 40.2 Å². The van der Waals surface area contributed by atoms with Crippen molar-refractivity contribution in [3.05, 3.63) is 41.1 Å². The number of ether oxygens (including phenoxy) is 2. The highest BCUT2D eigenvalue weighted by Crippen LogP contribution is 2.22.